The third-order valence-electron chi connectivity index (χ3n) is 4.96. The zero-order valence-electron chi connectivity index (χ0n) is 14.0. The monoisotopic (exact) mass is 337 g/mol. The van der Waals surface area contributed by atoms with E-state index in [1.807, 2.05) is 35.9 Å². The molecule has 0 saturated carbocycles. The zero-order valence-corrected chi connectivity index (χ0v) is 14.0. The van der Waals surface area contributed by atoms with Gasteiger partial charge in [-0.2, -0.15) is 5.10 Å². The molecule has 2 aromatic heterocycles. The van der Waals surface area contributed by atoms with Crippen molar-refractivity contribution in [2.24, 2.45) is 0 Å². The molecule has 0 atom stereocenters. The topological polar surface area (TPSA) is 83.9 Å². The van der Waals surface area contributed by atoms with Crippen LogP contribution in [0.4, 0.5) is 0 Å². The molecule has 3 aromatic rings. The molecule has 0 spiro atoms. The predicted octanol–water partition coefficient (Wildman–Crippen LogP) is 1.91. The highest BCUT2D eigenvalue weighted by atomic mass is 16.2. The number of fused-ring (bicyclic) bond motifs is 1. The molecule has 1 aliphatic rings. The third kappa shape index (κ3) is 2.71. The Morgan fingerprint density at radius 1 is 1.24 bits per heavy atom. The first-order valence-corrected chi connectivity index (χ1v) is 8.40. The van der Waals surface area contributed by atoms with Gasteiger partial charge >= 0.3 is 0 Å². The molecule has 128 valence electrons. The molecule has 1 saturated heterocycles. The summed E-state index contributed by atoms with van der Waals surface area (Å²) < 4.78 is 1.84. The molecule has 0 aliphatic carbocycles. The van der Waals surface area contributed by atoms with Crippen LogP contribution in [-0.4, -0.2) is 43.6 Å². The van der Waals surface area contributed by atoms with E-state index in [0.717, 1.165) is 29.3 Å². The van der Waals surface area contributed by atoms with Gasteiger partial charge in [-0.25, -0.2) is 9.67 Å². The maximum atomic E-state index is 12.9. The molecule has 1 fully saturated rings. The minimum absolute atomic E-state index is 0.193. The van der Waals surface area contributed by atoms with Gasteiger partial charge in [-0.15, -0.1) is 0 Å². The number of aromatic nitrogens is 4. The Balaban J connectivity index is 1.60. The van der Waals surface area contributed by atoms with Crippen LogP contribution in [0.15, 0.2) is 41.7 Å². The number of H-pyrrole nitrogens is 1. The SMILES string of the molecule is Cc1c(C(=O)N2CCC(n3cncn3)CC2)c(=O)[nH]c2ccccc12. The van der Waals surface area contributed by atoms with Crippen LogP contribution in [0.1, 0.15) is 34.8 Å². The maximum Gasteiger partial charge on any atom is 0.261 e. The van der Waals surface area contributed by atoms with Crippen LogP contribution in [-0.2, 0) is 0 Å². The number of rotatable bonds is 2. The lowest BCUT2D eigenvalue weighted by Gasteiger charge is -2.32. The lowest BCUT2D eigenvalue weighted by atomic mass is 10.0. The Kier molecular flexibility index (Phi) is 3.83. The van der Waals surface area contributed by atoms with Crippen molar-refractivity contribution in [3.63, 3.8) is 0 Å². The number of likely N-dealkylation sites (tertiary alicyclic amines) is 1. The number of para-hydroxylation sites is 1. The predicted molar refractivity (Wildman–Crippen MR) is 93.5 cm³/mol. The highest BCUT2D eigenvalue weighted by molar-refractivity contribution is 5.99. The van der Waals surface area contributed by atoms with Crippen LogP contribution < -0.4 is 5.56 Å². The van der Waals surface area contributed by atoms with Gasteiger partial charge in [0, 0.05) is 24.0 Å². The van der Waals surface area contributed by atoms with Crippen LogP contribution in [0.2, 0.25) is 0 Å². The summed E-state index contributed by atoms with van der Waals surface area (Å²) in [7, 11) is 0. The number of carbonyl (C=O) groups is 1. The van der Waals surface area contributed by atoms with Crippen LogP contribution in [0.3, 0.4) is 0 Å². The van der Waals surface area contributed by atoms with Gasteiger partial charge in [-0.1, -0.05) is 18.2 Å². The summed E-state index contributed by atoms with van der Waals surface area (Å²) >= 11 is 0. The van der Waals surface area contributed by atoms with Crippen molar-refractivity contribution in [3.8, 4) is 0 Å². The number of aryl methyl sites for hydroxylation is 1. The van der Waals surface area contributed by atoms with Gasteiger partial charge < -0.3 is 9.88 Å². The second-order valence-corrected chi connectivity index (χ2v) is 6.40. The van der Waals surface area contributed by atoms with E-state index in [9.17, 15) is 9.59 Å². The first-order chi connectivity index (χ1) is 12.1. The summed E-state index contributed by atoms with van der Waals surface area (Å²) in [6, 6.07) is 7.80. The van der Waals surface area contributed by atoms with Gasteiger partial charge in [0.1, 0.15) is 18.2 Å². The van der Waals surface area contributed by atoms with Crippen molar-refractivity contribution < 1.29 is 4.79 Å². The number of carbonyl (C=O) groups excluding carboxylic acids is 1. The zero-order chi connectivity index (χ0) is 17.4. The van der Waals surface area contributed by atoms with Crippen molar-refractivity contribution in [1.29, 1.82) is 0 Å². The van der Waals surface area contributed by atoms with Crippen LogP contribution >= 0.6 is 0 Å². The van der Waals surface area contributed by atoms with E-state index in [-0.39, 0.29) is 23.1 Å². The normalized spacial score (nSPS) is 15.6. The standard InChI is InChI=1S/C18H19N5O2/c1-12-14-4-2-3-5-15(14)21-17(24)16(12)18(25)22-8-6-13(7-9-22)23-11-19-10-20-23/h2-5,10-11,13H,6-9H2,1H3,(H,21,24). The first kappa shape index (κ1) is 15.6. The number of hydrogen-bond acceptors (Lipinski definition) is 4. The summed E-state index contributed by atoms with van der Waals surface area (Å²) in [5.41, 5.74) is 1.42. The summed E-state index contributed by atoms with van der Waals surface area (Å²) in [5.74, 6) is -0.193. The van der Waals surface area contributed by atoms with E-state index in [0.29, 0.717) is 13.1 Å². The number of pyridine rings is 1. The van der Waals surface area contributed by atoms with E-state index in [2.05, 4.69) is 15.1 Å². The summed E-state index contributed by atoms with van der Waals surface area (Å²) in [4.78, 5) is 34.0. The lowest BCUT2D eigenvalue weighted by molar-refractivity contribution is 0.0687. The van der Waals surface area contributed by atoms with Crippen molar-refractivity contribution in [2.75, 3.05) is 13.1 Å². The largest absolute Gasteiger partial charge is 0.338 e. The van der Waals surface area contributed by atoms with E-state index < -0.39 is 0 Å². The Labute approximate surface area is 144 Å². The average Bonchev–Trinajstić information content (AvgIpc) is 3.16. The van der Waals surface area contributed by atoms with E-state index in [4.69, 9.17) is 0 Å². The van der Waals surface area contributed by atoms with Gasteiger partial charge in [0.15, 0.2) is 0 Å². The van der Waals surface area contributed by atoms with E-state index in [1.54, 1.807) is 11.2 Å². The first-order valence-electron chi connectivity index (χ1n) is 8.40. The second kappa shape index (κ2) is 6.16. The minimum Gasteiger partial charge on any atom is -0.338 e. The minimum atomic E-state index is -0.320. The number of amides is 1. The van der Waals surface area contributed by atoms with E-state index in [1.165, 1.54) is 6.33 Å². The highest BCUT2D eigenvalue weighted by Crippen LogP contribution is 2.24. The van der Waals surface area contributed by atoms with Crippen LogP contribution in [0.5, 0.6) is 0 Å². The molecule has 1 amide bonds. The molecular formula is C18H19N5O2. The fourth-order valence-corrected chi connectivity index (χ4v) is 3.56. The van der Waals surface area contributed by atoms with Crippen molar-refractivity contribution >= 4 is 16.8 Å². The number of nitrogens with zero attached hydrogens (tertiary/aromatic N) is 4. The Morgan fingerprint density at radius 3 is 2.72 bits per heavy atom. The highest BCUT2D eigenvalue weighted by Gasteiger charge is 2.27. The molecule has 3 heterocycles. The summed E-state index contributed by atoms with van der Waals surface area (Å²) in [5, 5.41) is 5.08. The summed E-state index contributed by atoms with van der Waals surface area (Å²) in [6.07, 6.45) is 4.84. The lowest BCUT2D eigenvalue weighted by Crippen LogP contribution is -2.41. The molecule has 0 bridgehead atoms. The number of piperidine rings is 1. The molecule has 7 nitrogen and oxygen atoms in total. The number of aromatic amines is 1. The number of nitrogens with one attached hydrogen (secondary N) is 1. The quantitative estimate of drug-likeness (QED) is 0.774. The molecule has 7 heteroatoms. The third-order valence-corrected chi connectivity index (χ3v) is 4.96. The average molecular weight is 337 g/mol. The van der Waals surface area contributed by atoms with Crippen LogP contribution in [0.25, 0.3) is 10.9 Å². The molecule has 1 aromatic carbocycles. The number of benzene rings is 1. The molecule has 1 N–H and O–H groups in total. The van der Waals surface area contributed by atoms with Gasteiger partial charge in [0.2, 0.25) is 0 Å². The van der Waals surface area contributed by atoms with Gasteiger partial charge in [0.25, 0.3) is 11.5 Å². The van der Waals surface area contributed by atoms with Crippen molar-refractivity contribution in [3.05, 3.63) is 58.4 Å². The maximum absolute atomic E-state index is 12.9. The van der Waals surface area contributed by atoms with Crippen LogP contribution in [0, 0.1) is 6.92 Å². The van der Waals surface area contributed by atoms with E-state index >= 15 is 0 Å². The number of hydrogen-bond donors (Lipinski definition) is 1. The summed E-state index contributed by atoms with van der Waals surface area (Å²) in [6.45, 7) is 3.05. The van der Waals surface area contributed by atoms with Gasteiger partial charge in [-0.05, 0) is 31.4 Å². The smallest absolute Gasteiger partial charge is 0.261 e. The Morgan fingerprint density at radius 2 is 2.00 bits per heavy atom. The molecule has 1 aliphatic heterocycles. The van der Waals surface area contributed by atoms with Crippen molar-refractivity contribution in [1.82, 2.24) is 24.6 Å². The van der Waals surface area contributed by atoms with Gasteiger partial charge in [-0.3, -0.25) is 9.59 Å². The Hall–Kier alpha value is -2.96. The van der Waals surface area contributed by atoms with Crippen molar-refractivity contribution in [2.45, 2.75) is 25.8 Å². The molecule has 0 unspecified atom stereocenters. The Bertz CT molecular complexity index is 969. The fraction of sp³-hybridized carbons (Fsp3) is 0.333. The molecule has 0 radical (unpaired) electrons. The fourth-order valence-electron chi connectivity index (χ4n) is 3.56. The molecule has 4 rings (SSSR count). The molecule has 25 heavy (non-hydrogen) atoms. The second-order valence-electron chi connectivity index (χ2n) is 6.40. The van der Waals surface area contributed by atoms with Gasteiger partial charge in [0.05, 0.1) is 6.04 Å². The molecular weight excluding hydrogens is 318 g/mol.